The standard InChI is InChI=1S/C16H23N3O2/c1-2-21-16(20)14-6-4-10-18-15(14)19(13-7-8-13)11-12-5-3-9-17-12/h4,6,10,12-13,17H,2-3,5,7-9,11H2,1H3. The van der Waals surface area contributed by atoms with Crippen LogP contribution in [-0.4, -0.2) is 42.7 Å². The van der Waals surface area contributed by atoms with E-state index in [9.17, 15) is 4.79 Å². The zero-order chi connectivity index (χ0) is 14.7. The first kappa shape index (κ1) is 14.3. The monoisotopic (exact) mass is 289 g/mol. The van der Waals surface area contributed by atoms with Gasteiger partial charge in [-0.25, -0.2) is 9.78 Å². The molecule has 0 spiro atoms. The molecule has 0 amide bonds. The first-order chi connectivity index (χ1) is 10.3. The molecule has 1 N–H and O–H groups in total. The second-order valence-electron chi connectivity index (χ2n) is 5.77. The van der Waals surface area contributed by atoms with E-state index in [4.69, 9.17) is 4.74 Å². The van der Waals surface area contributed by atoms with Crippen LogP contribution in [0, 0.1) is 0 Å². The molecule has 1 saturated carbocycles. The van der Waals surface area contributed by atoms with Gasteiger partial charge in [-0.2, -0.15) is 0 Å². The van der Waals surface area contributed by atoms with E-state index in [0.29, 0.717) is 24.3 Å². The van der Waals surface area contributed by atoms with E-state index in [-0.39, 0.29) is 5.97 Å². The van der Waals surface area contributed by atoms with Crippen LogP contribution in [0.2, 0.25) is 0 Å². The largest absolute Gasteiger partial charge is 0.462 e. The first-order valence-corrected chi connectivity index (χ1v) is 7.91. The minimum absolute atomic E-state index is 0.273. The Labute approximate surface area is 125 Å². The van der Waals surface area contributed by atoms with Crippen LogP contribution in [0.15, 0.2) is 18.3 Å². The Balaban J connectivity index is 1.82. The highest BCUT2D eigenvalue weighted by molar-refractivity contribution is 5.94. The fourth-order valence-electron chi connectivity index (χ4n) is 2.94. The molecule has 3 rings (SSSR count). The van der Waals surface area contributed by atoms with Gasteiger partial charge in [0.05, 0.1) is 6.61 Å². The minimum Gasteiger partial charge on any atom is -0.462 e. The number of esters is 1. The number of nitrogens with zero attached hydrogens (tertiary/aromatic N) is 2. The van der Waals surface area contributed by atoms with Crippen molar-refractivity contribution < 1.29 is 9.53 Å². The Hall–Kier alpha value is -1.62. The summed E-state index contributed by atoms with van der Waals surface area (Å²) >= 11 is 0. The van der Waals surface area contributed by atoms with Gasteiger partial charge in [-0.15, -0.1) is 0 Å². The van der Waals surface area contributed by atoms with Crippen LogP contribution in [0.4, 0.5) is 5.82 Å². The van der Waals surface area contributed by atoms with Crippen LogP contribution >= 0.6 is 0 Å². The summed E-state index contributed by atoms with van der Waals surface area (Å²) in [4.78, 5) is 18.9. The van der Waals surface area contributed by atoms with Crippen molar-refractivity contribution in [1.29, 1.82) is 0 Å². The number of anilines is 1. The molecule has 114 valence electrons. The third-order valence-corrected chi connectivity index (χ3v) is 4.12. The van der Waals surface area contributed by atoms with E-state index in [1.807, 2.05) is 13.0 Å². The van der Waals surface area contributed by atoms with Gasteiger partial charge in [-0.3, -0.25) is 0 Å². The van der Waals surface area contributed by atoms with Crippen molar-refractivity contribution in [1.82, 2.24) is 10.3 Å². The topological polar surface area (TPSA) is 54.5 Å². The predicted octanol–water partition coefficient (Wildman–Crippen LogP) is 1.98. The Morgan fingerprint density at radius 1 is 1.48 bits per heavy atom. The number of hydrogen-bond donors (Lipinski definition) is 1. The van der Waals surface area contributed by atoms with Crippen molar-refractivity contribution in [2.24, 2.45) is 0 Å². The quantitative estimate of drug-likeness (QED) is 0.812. The minimum atomic E-state index is -0.273. The number of ether oxygens (including phenoxy) is 1. The summed E-state index contributed by atoms with van der Waals surface area (Å²) in [5, 5.41) is 3.53. The van der Waals surface area contributed by atoms with E-state index in [2.05, 4.69) is 15.2 Å². The third kappa shape index (κ3) is 3.35. The molecular weight excluding hydrogens is 266 g/mol. The van der Waals surface area contributed by atoms with Gasteiger partial charge in [0.1, 0.15) is 11.4 Å². The second-order valence-corrected chi connectivity index (χ2v) is 5.77. The lowest BCUT2D eigenvalue weighted by Gasteiger charge is -2.28. The van der Waals surface area contributed by atoms with Crippen molar-refractivity contribution in [3.8, 4) is 0 Å². The van der Waals surface area contributed by atoms with E-state index < -0.39 is 0 Å². The molecule has 1 saturated heterocycles. The SMILES string of the molecule is CCOC(=O)c1cccnc1N(CC1CCCN1)C1CC1. The summed E-state index contributed by atoms with van der Waals surface area (Å²) in [6.45, 7) is 4.24. The molecule has 2 fully saturated rings. The van der Waals surface area contributed by atoms with E-state index in [0.717, 1.165) is 18.9 Å². The molecule has 1 aliphatic heterocycles. The lowest BCUT2D eigenvalue weighted by Crippen LogP contribution is -2.40. The molecule has 5 heteroatoms. The van der Waals surface area contributed by atoms with Crippen LogP contribution in [-0.2, 0) is 4.74 Å². The van der Waals surface area contributed by atoms with Gasteiger partial charge in [-0.1, -0.05) is 0 Å². The number of nitrogens with one attached hydrogen (secondary N) is 1. The number of carbonyl (C=O) groups is 1. The summed E-state index contributed by atoms with van der Waals surface area (Å²) in [5.74, 6) is 0.512. The zero-order valence-corrected chi connectivity index (χ0v) is 12.5. The van der Waals surface area contributed by atoms with Crippen molar-refractivity contribution in [2.75, 3.05) is 24.6 Å². The van der Waals surface area contributed by atoms with Crippen LogP contribution in [0.3, 0.4) is 0 Å². The molecule has 1 aliphatic carbocycles. The molecule has 2 aliphatic rings. The van der Waals surface area contributed by atoms with Gasteiger partial charge in [0.25, 0.3) is 0 Å². The second kappa shape index (κ2) is 6.43. The maximum Gasteiger partial charge on any atom is 0.341 e. The molecule has 0 aromatic carbocycles. The molecular formula is C16H23N3O2. The van der Waals surface area contributed by atoms with E-state index in [1.54, 1.807) is 12.3 Å². The molecule has 1 aromatic heterocycles. The number of rotatable bonds is 6. The van der Waals surface area contributed by atoms with E-state index in [1.165, 1.54) is 25.7 Å². The molecule has 5 nitrogen and oxygen atoms in total. The van der Waals surface area contributed by atoms with Gasteiger partial charge in [0.15, 0.2) is 0 Å². The van der Waals surface area contributed by atoms with Crippen LogP contribution in [0.1, 0.15) is 43.0 Å². The lowest BCUT2D eigenvalue weighted by atomic mass is 10.2. The van der Waals surface area contributed by atoms with Crippen molar-refractivity contribution in [3.05, 3.63) is 23.9 Å². The molecule has 2 heterocycles. The lowest BCUT2D eigenvalue weighted by molar-refractivity contribution is 0.0526. The van der Waals surface area contributed by atoms with Crippen LogP contribution in [0.5, 0.6) is 0 Å². The van der Waals surface area contributed by atoms with Gasteiger partial charge in [0, 0.05) is 24.8 Å². The number of aromatic nitrogens is 1. The summed E-state index contributed by atoms with van der Waals surface area (Å²) in [5.41, 5.74) is 0.587. The van der Waals surface area contributed by atoms with Crippen molar-refractivity contribution in [3.63, 3.8) is 0 Å². The van der Waals surface area contributed by atoms with Crippen LogP contribution in [0.25, 0.3) is 0 Å². The number of hydrogen-bond acceptors (Lipinski definition) is 5. The first-order valence-electron chi connectivity index (χ1n) is 7.91. The van der Waals surface area contributed by atoms with Gasteiger partial charge in [-0.05, 0) is 51.3 Å². The average molecular weight is 289 g/mol. The normalized spacial score (nSPS) is 21.3. The molecule has 1 aromatic rings. The highest BCUT2D eigenvalue weighted by Gasteiger charge is 2.34. The highest BCUT2D eigenvalue weighted by atomic mass is 16.5. The number of pyridine rings is 1. The Kier molecular flexibility index (Phi) is 4.39. The fraction of sp³-hybridized carbons (Fsp3) is 0.625. The zero-order valence-electron chi connectivity index (χ0n) is 12.5. The van der Waals surface area contributed by atoms with Gasteiger partial charge < -0.3 is 15.0 Å². The third-order valence-electron chi connectivity index (χ3n) is 4.12. The Morgan fingerprint density at radius 3 is 3.00 bits per heavy atom. The average Bonchev–Trinajstić information content (AvgIpc) is 3.22. The number of carbonyl (C=O) groups excluding carboxylic acids is 1. The Bertz CT molecular complexity index is 496. The molecule has 1 unspecified atom stereocenters. The predicted molar refractivity (Wildman–Crippen MR) is 81.6 cm³/mol. The molecule has 21 heavy (non-hydrogen) atoms. The maximum atomic E-state index is 12.1. The van der Waals surface area contributed by atoms with Crippen LogP contribution < -0.4 is 10.2 Å². The summed E-state index contributed by atoms with van der Waals surface area (Å²) < 4.78 is 5.17. The molecule has 0 bridgehead atoms. The van der Waals surface area contributed by atoms with Crippen molar-refractivity contribution >= 4 is 11.8 Å². The molecule has 0 radical (unpaired) electrons. The smallest absolute Gasteiger partial charge is 0.341 e. The van der Waals surface area contributed by atoms with E-state index >= 15 is 0 Å². The summed E-state index contributed by atoms with van der Waals surface area (Å²) in [7, 11) is 0. The maximum absolute atomic E-state index is 12.1. The van der Waals surface area contributed by atoms with Gasteiger partial charge in [0.2, 0.25) is 0 Å². The van der Waals surface area contributed by atoms with Gasteiger partial charge >= 0.3 is 5.97 Å². The Morgan fingerprint density at radius 2 is 2.33 bits per heavy atom. The molecule has 1 atom stereocenters. The van der Waals surface area contributed by atoms with Crippen molar-refractivity contribution in [2.45, 2.75) is 44.7 Å². The summed E-state index contributed by atoms with van der Waals surface area (Å²) in [6.07, 6.45) is 6.56. The highest BCUT2D eigenvalue weighted by Crippen LogP contribution is 2.33. The summed E-state index contributed by atoms with van der Waals surface area (Å²) in [6, 6.07) is 4.64. The fourth-order valence-corrected chi connectivity index (χ4v) is 2.94.